The van der Waals surface area contributed by atoms with E-state index in [0.717, 1.165) is 34.0 Å². The van der Waals surface area contributed by atoms with E-state index in [9.17, 15) is 0 Å². The molecule has 0 bridgehead atoms. The van der Waals surface area contributed by atoms with Gasteiger partial charge in [-0.1, -0.05) is 11.6 Å². The van der Waals surface area contributed by atoms with Crippen molar-refractivity contribution in [1.82, 2.24) is 19.7 Å². The van der Waals surface area contributed by atoms with E-state index in [1.165, 1.54) is 5.56 Å². The maximum Gasteiger partial charge on any atom is 0.184 e. The van der Waals surface area contributed by atoms with Gasteiger partial charge in [0, 0.05) is 35.4 Å². The first kappa shape index (κ1) is 13.5. The van der Waals surface area contributed by atoms with E-state index >= 15 is 0 Å². The lowest BCUT2D eigenvalue weighted by atomic mass is 9.96. The molecule has 3 heterocycles. The standard InChI is InChI=1S/C16H16ClN5/c1-9(2)22-7-13-15(19-8-20-16(13)21-22)12-6-18-14-4-3-10(17)5-11(12)14/h3-5,7-9,12,18H,6H2,1-2H3. The van der Waals surface area contributed by atoms with E-state index in [1.54, 1.807) is 6.33 Å². The summed E-state index contributed by atoms with van der Waals surface area (Å²) in [6, 6.07) is 6.24. The van der Waals surface area contributed by atoms with E-state index in [-0.39, 0.29) is 5.92 Å². The minimum atomic E-state index is 0.170. The average Bonchev–Trinajstić information content (AvgIpc) is 3.10. The molecular formula is C16H16ClN5. The van der Waals surface area contributed by atoms with Gasteiger partial charge in [-0.2, -0.15) is 5.10 Å². The van der Waals surface area contributed by atoms with Crippen molar-refractivity contribution in [2.45, 2.75) is 25.8 Å². The second kappa shape index (κ2) is 4.95. The van der Waals surface area contributed by atoms with E-state index in [1.807, 2.05) is 29.1 Å². The summed E-state index contributed by atoms with van der Waals surface area (Å²) in [5.41, 5.74) is 4.06. The van der Waals surface area contributed by atoms with E-state index in [0.29, 0.717) is 6.04 Å². The topological polar surface area (TPSA) is 55.6 Å². The molecule has 0 radical (unpaired) electrons. The summed E-state index contributed by atoms with van der Waals surface area (Å²) in [6.45, 7) is 5.02. The predicted molar refractivity (Wildman–Crippen MR) is 87.5 cm³/mol. The van der Waals surface area contributed by atoms with Crippen LogP contribution in [0.4, 0.5) is 5.69 Å². The highest BCUT2D eigenvalue weighted by Crippen LogP contribution is 2.38. The molecule has 1 N–H and O–H groups in total. The third kappa shape index (κ3) is 2.04. The van der Waals surface area contributed by atoms with Gasteiger partial charge in [0.05, 0.1) is 11.1 Å². The fraction of sp³-hybridized carbons (Fsp3) is 0.312. The molecule has 3 aromatic rings. The van der Waals surface area contributed by atoms with Crippen LogP contribution in [0.1, 0.15) is 37.1 Å². The Bertz CT molecular complexity index is 855. The summed E-state index contributed by atoms with van der Waals surface area (Å²) < 4.78 is 1.93. The average molecular weight is 314 g/mol. The molecule has 0 amide bonds. The van der Waals surface area contributed by atoms with Crippen molar-refractivity contribution in [2.24, 2.45) is 0 Å². The highest BCUT2D eigenvalue weighted by atomic mass is 35.5. The molecule has 0 aliphatic carbocycles. The Hall–Kier alpha value is -2.14. The summed E-state index contributed by atoms with van der Waals surface area (Å²) in [5.74, 6) is 0.170. The molecule has 1 aromatic carbocycles. The van der Waals surface area contributed by atoms with Crippen molar-refractivity contribution in [3.63, 3.8) is 0 Å². The molecule has 112 valence electrons. The van der Waals surface area contributed by atoms with Gasteiger partial charge in [-0.25, -0.2) is 9.97 Å². The second-order valence-corrected chi connectivity index (χ2v) is 6.30. The molecule has 0 fully saturated rings. The minimum absolute atomic E-state index is 0.170. The molecule has 22 heavy (non-hydrogen) atoms. The number of anilines is 1. The number of benzene rings is 1. The Morgan fingerprint density at radius 3 is 3.00 bits per heavy atom. The van der Waals surface area contributed by atoms with Gasteiger partial charge in [0.2, 0.25) is 0 Å². The van der Waals surface area contributed by atoms with E-state index in [4.69, 9.17) is 11.6 Å². The first-order valence-corrected chi connectivity index (χ1v) is 7.74. The first-order chi connectivity index (χ1) is 10.6. The number of hydrogen-bond donors (Lipinski definition) is 1. The molecule has 2 aromatic heterocycles. The number of nitrogens with one attached hydrogen (secondary N) is 1. The Morgan fingerprint density at radius 1 is 1.32 bits per heavy atom. The number of halogens is 1. The highest BCUT2D eigenvalue weighted by Gasteiger charge is 2.27. The van der Waals surface area contributed by atoms with Crippen molar-refractivity contribution in [2.75, 3.05) is 11.9 Å². The zero-order chi connectivity index (χ0) is 15.3. The monoisotopic (exact) mass is 313 g/mol. The predicted octanol–water partition coefficient (Wildman–Crippen LogP) is 3.62. The number of fused-ring (bicyclic) bond motifs is 2. The van der Waals surface area contributed by atoms with Crippen LogP contribution in [0, 0.1) is 0 Å². The van der Waals surface area contributed by atoms with Gasteiger partial charge in [-0.3, -0.25) is 4.68 Å². The molecule has 1 aliphatic rings. The first-order valence-electron chi connectivity index (χ1n) is 7.36. The van der Waals surface area contributed by atoms with Gasteiger partial charge >= 0.3 is 0 Å². The third-order valence-corrected chi connectivity index (χ3v) is 4.35. The summed E-state index contributed by atoms with van der Waals surface area (Å²) in [5, 5.41) is 9.72. The number of hydrogen-bond acceptors (Lipinski definition) is 4. The van der Waals surface area contributed by atoms with Crippen molar-refractivity contribution < 1.29 is 0 Å². The van der Waals surface area contributed by atoms with Gasteiger partial charge in [0.25, 0.3) is 0 Å². The maximum absolute atomic E-state index is 6.16. The lowest BCUT2D eigenvalue weighted by Crippen LogP contribution is -2.06. The van der Waals surface area contributed by atoms with Crippen LogP contribution in [0.25, 0.3) is 11.0 Å². The van der Waals surface area contributed by atoms with Crippen molar-refractivity contribution >= 4 is 28.3 Å². The molecule has 0 saturated heterocycles. The zero-order valence-corrected chi connectivity index (χ0v) is 13.2. The molecule has 4 rings (SSSR count). The fourth-order valence-electron chi connectivity index (χ4n) is 2.96. The molecule has 0 spiro atoms. The number of nitrogens with zero attached hydrogens (tertiary/aromatic N) is 4. The van der Waals surface area contributed by atoms with Crippen molar-refractivity contribution in [3.8, 4) is 0 Å². The molecule has 1 atom stereocenters. The molecular weight excluding hydrogens is 298 g/mol. The summed E-state index contributed by atoms with van der Waals surface area (Å²) in [7, 11) is 0. The van der Waals surface area contributed by atoms with Gasteiger partial charge in [-0.05, 0) is 37.6 Å². The molecule has 1 unspecified atom stereocenters. The van der Waals surface area contributed by atoms with Crippen LogP contribution in [-0.4, -0.2) is 26.3 Å². The highest BCUT2D eigenvalue weighted by molar-refractivity contribution is 6.30. The largest absolute Gasteiger partial charge is 0.384 e. The Morgan fingerprint density at radius 2 is 2.18 bits per heavy atom. The fourth-order valence-corrected chi connectivity index (χ4v) is 3.15. The van der Waals surface area contributed by atoms with Crippen LogP contribution < -0.4 is 5.32 Å². The summed E-state index contributed by atoms with van der Waals surface area (Å²) in [6.07, 6.45) is 3.63. The Kier molecular flexibility index (Phi) is 3.04. The van der Waals surface area contributed by atoms with E-state index < -0.39 is 0 Å². The normalized spacial score (nSPS) is 17.0. The Labute approximate surface area is 133 Å². The van der Waals surface area contributed by atoms with Crippen LogP contribution in [0.3, 0.4) is 0 Å². The van der Waals surface area contributed by atoms with Crippen LogP contribution in [-0.2, 0) is 0 Å². The SMILES string of the molecule is CC(C)n1cc2c(C3CNc4ccc(Cl)cc43)ncnc2n1. The molecule has 1 aliphatic heterocycles. The van der Waals surface area contributed by atoms with Crippen LogP contribution in [0.2, 0.25) is 5.02 Å². The molecule has 0 saturated carbocycles. The van der Waals surface area contributed by atoms with Gasteiger partial charge < -0.3 is 5.32 Å². The Balaban J connectivity index is 1.88. The van der Waals surface area contributed by atoms with Crippen LogP contribution >= 0.6 is 11.6 Å². The second-order valence-electron chi connectivity index (χ2n) is 5.86. The van der Waals surface area contributed by atoms with Gasteiger partial charge in [0.1, 0.15) is 6.33 Å². The maximum atomic E-state index is 6.16. The van der Waals surface area contributed by atoms with Gasteiger partial charge in [-0.15, -0.1) is 0 Å². The minimum Gasteiger partial charge on any atom is -0.384 e. The summed E-state index contributed by atoms with van der Waals surface area (Å²) in [4.78, 5) is 8.84. The zero-order valence-electron chi connectivity index (χ0n) is 12.4. The third-order valence-electron chi connectivity index (χ3n) is 4.11. The molecule has 5 nitrogen and oxygen atoms in total. The van der Waals surface area contributed by atoms with Crippen molar-refractivity contribution in [1.29, 1.82) is 0 Å². The van der Waals surface area contributed by atoms with Crippen LogP contribution in [0.15, 0.2) is 30.7 Å². The number of rotatable bonds is 2. The molecule has 6 heteroatoms. The lowest BCUT2D eigenvalue weighted by molar-refractivity contribution is 0.536. The van der Waals surface area contributed by atoms with E-state index in [2.05, 4.69) is 34.2 Å². The quantitative estimate of drug-likeness (QED) is 0.785. The number of aromatic nitrogens is 4. The van der Waals surface area contributed by atoms with Crippen molar-refractivity contribution in [3.05, 3.63) is 47.0 Å². The summed E-state index contributed by atoms with van der Waals surface area (Å²) >= 11 is 6.16. The van der Waals surface area contributed by atoms with Gasteiger partial charge in [0.15, 0.2) is 5.65 Å². The smallest absolute Gasteiger partial charge is 0.184 e. The lowest BCUT2D eigenvalue weighted by Gasteiger charge is -2.10. The van der Waals surface area contributed by atoms with Crippen LogP contribution in [0.5, 0.6) is 0 Å².